The Morgan fingerprint density at radius 3 is 0.900 bits per heavy atom. The van der Waals surface area contributed by atoms with Crippen molar-refractivity contribution in [1.29, 1.82) is 0 Å². The van der Waals surface area contributed by atoms with Crippen LogP contribution in [0.1, 0.15) is 0 Å². The Kier molecular flexibility index (Phi) is 10.3. The summed E-state index contributed by atoms with van der Waals surface area (Å²) in [6.45, 7) is 0. The van der Waals surface area contributed by atoms with Gasteiger partial charge in [-0.2, -0.15) is 0 Å². The number of fused-ring (bicyclic) bond motifs is 5. The molecular weight excluding hydrogens is 899 g/mol. The lowest BCUT2D eigenvalue weighted by atomic mass is 9.97. The molecule has 0 saturated carbocycles. The predicted octanol–water partition coefficient (Wildman–Crippen LogP) is 14.8. The van der Waals surface area contributed by atoms with Crippen molar-refractivity contribution in [3.63, 3.8) is 0 Å². The van der Waals surface area contributed by atoms with Crippen LogP contribution in [0.4, 0.5) is 0 Å². The van der Waals surface area contributed by atoms with E-state index >= 15 is 0 Å². The van der Waals surface area contributed by atoms with Crippen LogP contribution in [0.25, 0.3) is 133 Å². The third-order valence-electron chi connectivity index (χ3n) is 12.1. The molecule has 13 aromatic rings. The highest BCUT2D eigenvalue weighted by molar-refractivity contribution is 7.23. The van der Waals surface area contributed by atoms with Gasteiger partial charge in [0.2, 0.25) is 0 Å². The zero-order chi connectivity index (χ0) is 46.4. The van der Waals surface area contributed by atoms with Crippen LogP contribution >= 0.6 is 22.7 Å². The molecule has 0 saturated heterocycles. The predicted molar refractivity (Wildman–Crippen MR) is 284 cm³/mol. The molecular formula is C59H35N9S2. The maximum atomic E-state index is 5.27. The third-order valence-corrected chi connectivity index (χ3v) is 14.2. The standard InChI is InChI=1S/C59H35N9S2/c1-7-19-36(20-8-1)51-60-52(37-21-9-2-10-22-37)64-57(63-51)46-34-44-43(49-42(46)31-32-69-49)33-47(58-65-53(38-23-11-3-12-24-38)61-54(66-58)39-25-13-4-14-26-39)45-35-48(70-50(44)45)59-67-55(40-27-15-5-16-28-40)62-56(68-59)41-29-17-6-18-30-41/h1-35H. The van der Waals surface area contributed by atoms with Gasteiger partial charge in [0.1, 0.15) is 0 Å². The van der Waals surface area contributed by atoms with Gasteiger partial charge < -0.3 is 0 Å². The lowest BCUT2D eigenvalue weighted by molar-refractivity contribution is 1.08. The molecule has 0 unspecified atom stereocenters. The Morgan fingerprint density at radius 2 is 0.543 bits per heavy atom. The van der Waals surface area contributed by atoms with Crippen molar-refractivity contribution in [2.24, 2.45) is 0 Å². The fourth-order valence-corrected chi connectivity index (χ4v) is 10.8. The monoisotopic (exact) mass is 933 g/mol. The van der Waals surface area contributed by atoms with E-state index in [1.165, 1.54) is 0 Å². The number of rotatable bonds is 9. The zero-order valence-corrected chi connectivity index (χ0v) is 38.7. The van der Waals surface area contributed by atoms with Gasteiger partial charge in [0.15, 0.2) is 52.4 Å². The van der Waals surface area contributed by atoms with Crippen LogP contribution in [0.5, 0.6) is 0 Å². The summed E-state index contributed by atoms with van der Waals surface area (Å²) in [6, 6.07) is 69.3. The van der Waals surface area contributed by atoms with Crippen LogP contribution < -0.4 is 0 Å². The Balaban J connectivity index is 1.11. The highest BCUT2D eigenvalue weighted by atomic mass is 32.1. The van der Waals surface area contributed by atoms with Crippen LogP contribution in [0.15, 0.2) is 212 Å². The molecule has 0 radical (unpaired) electrons. The maximum absolute atomic E-state index is 5.27. The number of hydrogen-bond acceptors (Lipinski definition) is 11. The molecule has 11 heteroatoms. The molecule has 0 amide bonds. The molecule has 13 rings (SSSR count). The van der Waals surface area contributed by atoms with Crippen molar-refractivity contribution in [3.05, 3.63) is 212 Å². The van der Waals surface area contributed by atoms with Crippen molar-refractivity contribution >= 4 is 53.6 Å². The number of nitrogens with zero attached hydrogens (tertiary/aromatic N) is 9. The Morgan fingerprint density at radius 1 is 0.243 bits per heavy atom. The first-order valence-electron chi connectivity index (χ1n) is 22.7. The second-order valence-electron chi connectivity index (χ2n) is 16.6. The molecule has 0 aliphatic carbocycles. The van der Waals surface area contributed by atoms with Gasteiger partial charge in [-0.1, -0.05) is 182 Å². The first-order chi connectivity index (χ1) is 34.7. The Labute approximate surface area is 409 Å². The normalized spacial score (nSPS) is 11.4. The molecule has 0 aliphatic heterocycles. The zero-order valence-electron chi connectivity index (χ0n) is 37.0. The molecule has 0 aliphatic rings. The molecule has 0 bridgehead atoms. The van der Waals surface area contributed by atoms with Crippen LogP contribution in [0.2, 0.25) is 0 Å². The molecule has 8 aromatic carbocycles. The molecule has 9 nitrogen and oxygen atoms in total. The topological polar surface area (TPSA) is 116 Å². The van der Waals surface area contributed by atoms with E-state index in [-0.39, 0.29) is 0 Å². The van der Waals surface area contributed by atoms with Gasteiger partial charge in [0.05, 0.1) is 4.88 Å². The second kappa shape index (κ2) is 17.6. The summed E-state index contributed by atoms with van der Waals surface area (Å²) in [5.74, 6) is 5.25. The van der Waals surface area contributed by atoms with Crippen LogP contribution in [-0.4, -0.2) is 44.9 Å². The molecule has 5 aromatic heterocycles. The van der Waals surface area contributed by atoms with Crippen molar-refractivity contribution in [2.75, 3.05) is 0 Å². The number of hydrogen-bond donors (Lipinski definition) is 0. The SMILES string of the molecule is c1ccc(-c2nc(-c3ccccc3)nc(-c3cc4c(-c5nc(-c6ccccc6)nc(-c6ccccc6)n5)cc5c(cc(-c6nc(-c7ccccc7)nc(-c7ccccc7)n6)c6ccsc65)c4s3)n2)cc1. The van der Waals surface area contributed by atoms with Crippen LogP contribution in [0, 0.1) is 0 Å². The van der Waals surface area contributed by atoms with Crippen molar-refractivity contribution in [1.82, 2.24) is 44.9 Å². The lowest BCUT2D eigenvalue weighted by Gasteiger charge is -2.13. The third kappa shape index (κ3) is 7.65. The molecule has 0 fully saturated rings. The summed E-state index contributed by atoms with van der Waals surface area (Å²) in [7, 11) is 0. The largest absolute Gasteiger partial charge is 0.208 e. The van der Waals surface area contributed by atoms with E-state index in [1.54, 1.807) is 22.7 Å². The minimum atomic E-state index is 0.556. The van der Waals surface area contributed by atoms with Gasteiger partial charge in [-0.3, -0.25) is 0 Å². The van der Waals surface area contributed by atoms with E-state index in [1.807, 2.05) is 182 Å². The quantitative estimate of drug-likeness (QED) is 0.139. The van der Waals surface area contributed by atoms with Gasteiger partial charge in [-0.05, 0) is 29.6 Å². The summed E-state index contributed by atoms with van der Waals surface area (Å²) in [6.07, 6.45) is 0. The van der Waals surface area contributed by atoms with E-state index in [0.717, 1.165) is 80.3 Å². The second-order valence-corrected chi connectivity index (χ2v) is 18.5. The van der Waals surface area contributed by atoms with E-state index in [9.17, 15) is 0 Å². The summed E-state index contributed by atoms with van der Waals surface area (Å²) in [4.78, 5) is 47.3. The van der Waals surface area contributed by atoms with Gasteiger partial charge in [-0.15, -0.1) is 22.7 Å². The molecule has 328 valence electrons. The van der Waals surface area contributed by atoms with Crippen LogP contribution in [0.3, 0.4) is 0 Å². The fourth-order valence-electron chi connectivity index (χ4n) is 8.75. The first kappa shape index (κ1) is 41.2. The van der Waals surface area contributed by atoms with Crippen molar-refractivity contribution in [2.45, 2.75) is 0 Å². The number of thiophene rings is 2. The van der Waals surface area contributed by atoms with Gasteiger partial charge >= 0.3 is 0 Å². The summed E-state index contributed by atoms with van der Waals surface area (Å²) in [5.41, 5.74) is 7.17. The maximum Gasteiger partial charge on any atom is 0.174 e. The minimum absolute atomic E-state index is 0.556. The highest BCUT2D eigenvalue weighted by Gasteiger charge is 2.24. The average Bonchev–Trinajstić information content (AvgIpc) is 4.14. The van der Waals surface area contributed by atoms with E-state index in [0.29, 0.717) is 52.4 Å². The van der Waals surface area contributed by atoms with E-state index in [4.69, 9.17) is 44.9 Å². The highest BCUT2D eigenvalue weighted by Crippen LogP contribution is 2.47. The number of aromatic nitrogens is 9. The van der Waals surface area contributed by atoms with Gasteiger partial charge in [-0.25, -0.2) is 44.9 Å². The average molecular weight is 934 g/mol. The van der Waals surface area contributed by atoms with Crippen molar-refractivity contribution in [3.8, 4) is 102 Å². The fraction of sp³-hybridized carbons (Fsp3) is 0. The van der Waals surface area contributed by atoms with E-state index < -0.39 is 0 Å². The number of benzene rings is 8. The summed E-state index contributed by atoms with van der Waals surface area (Å²) >= 11 is 3.33. The summed E-state index contributed by atoms with van der Waals surface area (Å²) < 4.78 is 2.11. The van der Waals surface area contributed by atoms with Crippen LogP contribution in [-0.2, 0) is 0 Å². The molecule has 0 N–H and O–H groups in total. The Bertz CT molecular complexity index is 3870. The first-order valence-corrected chi connectivity index (χ1v) is 24.4. The molecule has 70 heavy (non-hydrogen) atoms. The Hall–Kier alpha value is -9.03. The van der Waals surface area contributed by atoms with Gasteiger partial charge in [0, 0.05) is 75.5 Å². The smallest absolute Gasteiger partial charge is 0.174 e. The molecule has 5 heterocycles. The molecule has 0 spiro atoms. The van der Waals surface area contributed by atoms with Gasteiger partial charge in [0.25, 0.3) is 0 Å². The summed E-state index contributed by atoms with van der Waals surface area (Å²) in [5, 5.41) is 6.21. The van der Waals surface area contributed by atoms with Crippen molar-refractivity contribution < 1.29 is 0 Å². The molecule has 0 atom stereocenters. The van der Waals surface area contributed by atoms with E-state index in [2.05, 4.69) is 29.6 Å². The minimum Gasteiger partial charge on any atom is -0.208 e. The lowest BCUT2D eigenvalue weighted by Crippen LogP contribution is -2.01.